The van der Waals surface area contributed by atoms with Crippen molar-refractivity contribution in [2.45, 2.75) is 46.2 Å². The number of anilines is 1. The van der Waals surface area contributed by atoms with Gasteiger partial charge in [0.1, 0.15) is 5.75 Å². The summed E-state index contributed by atoms with van der Waals surface area (Å²) >= 11 is 0. The Labute approximate surface area is 219 Å². The molecule has 1 aliphatic rings. The highest BCUT2D eigenvalue weighted by molar-refractivity contribution is 5.80. The molecule has 6 heteroatoms. The molecule has 0 saturated carbocycles. The molecule has 0 spiro atoms. The Morgan fingerprint density at radius 1 is 1.00 bits per heavy atom. The number of nitrogens with one attached hydrogen (secondary N) is 1. The molecular formula is C31H36N4O2. The molecule has 0 bridgehead atoms. The van der Waals surface area contributed by atoms with E-state index in [-0.39, 0.29) is 11.8 Å². The highest BCUT2D eigenvalue weighted by Gasteiger charge is 2.27. The van der Waals surface area contributed by atoms with Crippen molar-refractivity contribution >= 4 is 22.9 Å². The standard InChI is InChI=1S/C31H36N4O2/c1-3-19-37-27-13-11-24(12-14-27)21-32-30(36)26-15-17-34(18-16-26)31-33-28-9-4-5-10-29(28)35(31)22-25-8-6-7-23(2)20-25/h4-14,20,26H,3,15-19,21-22H2,1-2H3,(H,32,36). The zero-order chi connectivity index (χ0) is 25.6. The first kappa shape index (κ1) is 24.9. The number of aromatic nitrogens is 2. The summed E-state index contributed by atoms with van der Waals surface area (Å²) in [5, 5.41) is 3.14. The molecule has 1 aromatic heterocycles. The van der Waals surface area contributed by atoms with Crippen molar-refractivity contribution in [2.75, 3.05) is 24.6 Å². The van der Waals surface area contributed by atoms with Crippen molar-refractivity contribution in [3.8, 4) is 5.75 Å². The van der Waals surface area contributed by atoms with Crippen LogP contribution in [0.1, 0.15) is 42.9 Å². The summed E-state index contributed by atoms with van der Waals surface area (Å²) in [7, 11) is 0. The van der Waals surface area contributed by atoms with Gasteiger partial charge in [0, 0.05) is 25.6 Å². The fraction of sp³-hybridized carbons (Fsp3) is 0.355. The first-order chi connectivity index (χ1) is 18.1. The van der Waals surface area contributed by atoms with E-state index in [9.17, 15) is 4.79 Å². The second kappa shape index (κ2) is 11.5. The maximum Gasteiger partial charge on any atom is 0.223 e. The summed E-state index contributed by atoms with van der Waals surface area (Å²) in [4.78, 5) is 20.3. The molecule has 5 rings (SSSR count). The van der Waals surface area contributed by atoms with Gasteiger partial charge < -0.3 is 19.5 Å². The molecule has 0 unspecified atom stereocenters. The zero-order valence-electron chi connectivity index (χ0n) is 21.8. The van der Waals surface area contributed by atoms with Gasteiger partial charge in [0.05, 0.1) is 24.2 Å². The summed E-state index contributed by atoms with van der Waals surface area (Å²) in [6.45, 7) is 7.90. The molecule has 1 fully saturated rings. The van der Waals surface area contributed by atoms with E-state index in [1.54, 1.807) is 0 Å². The van der Waals surface area contributed by atoms with Crippen LogP contribution < -0.4 is 15.0 Å². The van der Waals surface area contributed by atoms with Crippen molar-refractivity contribution in [1.82, 2.24) is 14.9 Å². The second-order valence-electron chi connectivity index (χ2n) is 9.95. The molecule has 1 amide bonds. The smallest absolute Gasteiger partial charge is 0.223 e. The molecular weight excluding hydrogens is 460 g/mol. The van der Waals surface area contributed by atoms with Gasteiger partial charge in [-0.3, -0.25) is 4.79 Å². The van der Waals surface area contributed by atoms with Crippen LogP contribution in [0.4, 0.5) is 5.95 Å². The highest BCUT2D eigenvalue weighted by Crippen LogP contribution is 2.28. The van der Waals surface area contributed by atoms with Gasteiger partial charge in [0.15, 0.2) is 0 Å². The molecule has 0 radical (unpaired) electrons. The summed E-state index contributed by atoms with van der Waals surface area (Å²) in [6, 6.07) is 25.0. The van der Waals surface area contributed by atoms with Crippen molar-refractivity contribution < 1.29 is 9.53 Å². The van der Waals surface area contributed by atoms with Crippen LogP contribution in [0.3, 0.4) is 0 Å². The molecule has 4 aromatic rings. The maximum absolute atomic E-state index is 12.9. The molecule has 6 nitrogen and oxygen atoms in total. The van der Waals surface area contributed by atoms with E-state index in [4.69, 9.17) is 9.72 Å². The third kappa shape index (κ3) is 5.96. The number of rotatable bonds is 9. The Balaban J connectivity index is 1.21. The SMILES string of the molecule is CCCOc1ccc(CNC(=O)C2CCN(c3nc4ccccc4n3Cc3cccc(C)c3)CC2)cc1. The number of para-hydroxylation sites is 2. The monoisotopic (exact) mass is 496 g/mol. The van der Waals surface area contributed by atoms with Crippen LogP contribution in [0.25, 0.3) is 11.0 Å². The molecule has 1 N–H and O–H groups in total. The third-order valence-electron chi connectivity index (χ3n) is 7.07. The van der Waals surface area contributed by atoms with Gasteiger partial charge in [0.25, 0.3) is 0 Å². The van der Waals surface area contributed by atoms with E-state index < -0.39 is 0 Å². The van der Waals surface area contributed by atoms with Gasteiger partial charge in [-0.15, -0.1) is 0 Å². The summed E-state index contributed by atoms with van der Waals surface area (Å²) < 4.78 is 7.96. The van der Waals surface area contributed by atoms with Crippen LogP contribution in [-0.2, 0) is 17.9 Å². The summed E-state index contributed by atoms with van der Waals surface area (Å²) in [5.41, 5.74) is 5.76. The number of ether oxygens (including phenoxy) is 1. The van der Waals surface area contributed by atoms with Gasteiger partial charge in [-0.1, -0.05) is 61.0 Å². The Bertz CT molecular complexity index is 1340. The van der Waals surface area contributed by atoms with E-state index in [2.05, 4.69) is 71.1 Å². The lowest BCUT2D eigenvalue weighted by Gasteiger charge is -2.32. The number of hydrogen-bond acceptors (Lipinski definition) is 4. The third-order valence-corrected chi connectivity index (χ3v) is 7.07. The predicted molar refractivity (Wildman–Crippen MR) is 149 cm³/mol. The van der Waals surface area contributed by atoms with Crippen LogP contribution in [0.2, 0.25) is 0 Å². The molecule has 192 valence electrons. The van der Waals surface area contributed by atoms with Gasteiger partial charge >= 0.3 is 0 Å². The van der Waals surface area contributed by atoms with Crippen molar-refractivity contribution in [3.05, 3.63) is 89.5 Å². The van der Waals surface area contributed by atoms with Gasteiger partial charge in [-0.25, -0.2) is 4.98 Å². The first-order valence-corrected chi connectivity index (χ1v) is 13.4. The molecule has 0 aliphatic carbocycles. The van der Waals surface area contributed by atoms with Crippen LogP contribution in [-0.4, -0.2) is 35.2 Å². The molecule has 1 aliphatic heterocycles. The van der Waals surface area contributed by atoms with Gasteiger partial charge in [-0.2, -0.15) is 0 Å². The van der Waals surface area contributed by atoms with Crippen LogP contribution in [0.15, 0.2) is 72.8 Å². The number of piperidine rings is 1. The van der Waals surface area contributed by atoms with Gasteiger partial charge in [-0.05, 0) is 61.6 Å². The largest absolute Gasteiger partial charge is 0.494 e. The fourth-order valence-electron chi connectivity index (χ4n) is 5.05. The first-order valence-electron chi connectivity index (χ1n) is 13.4. The number of aryl methyl sites for hydroxylation is 1. The summed E-state index contributed by atoms with van der Waals surface area (Å²) in [6.07, 6.45) is 2.63. The van der Waals surface area contributed by atoms with Crippen molar-refractivity contribution in [1.29, 1.82) is 0 Å². The van der Waals surface area contributed by atoms with Crippen molar-refractivity contribution in [2.24, 2.45) is 5.92 Å². The van der Waals surface area contributed by atoms with E-state index in [1.807, 2.05) is 30.3 Å². The lowest BCUT2D eigenvalue weighted by Crippen LogP contribution is -2.41. The van der Waals surface area contributed by atoms with Crippen molar-refractivity contribution in [3.63, 3.8) is 0 Å². The Morgan fingerprint density at radius 3 is 2.54 bits per heavy atom. The number of fused-ring (bicyclic) bond motifs is 1. The fourth-order valence-corrected chi connectivity index (χ4v) is 5.05. The quantitative estimate of drug-likeness (QED) is 0.322. The number of carbonyl (C=O) groups excluding carboxylic acids is 1. The Morgan fingerprint density at radius 2 is 1.78 bits per heavy atom. The lowest BCUT2D eigenvalue weighted by molar-refractivity contribution is -0.125. The molecule has 2 heterocycles. The average Bonchev–Trinajstić information content (AvgIpc) is 3.29. The minimum absolute atomic E-state index is 0.0259. The topological polar surface area (TPSA) is 59.4 Å². The van der Waals surface area contributed by atoms with E-state index in [1.165, 1.54) is 11.1 Å². The van der Waals surface area contributed by atoms with E-state index in [0.29, 0.717) is 6.54 Å². The highest BCUT2D eigenvalue weighted by atomic mass is 16.5. The Hall–Kier alpha value is -3.80. The van der Waals surface area contributed by atoms with Crippen LogP contribution in [0, 0.1) is 12.8 Å². The van der Waals surface area contributed by atoms with Crippen LogP contribution >= 0.6 is 0 Å². The van der Waals surface area contributed by atoms with E-state index >= 15 is 0 Å². The second-order valence-corrected chi connectivity index (χ2v) is 9.95. The van der Waals surface area contributed by atoms with Crippen LogP contribution in [0.5, 0.6) is 5.75 Å². The number of carbonyl (C=O) groups is 1. The normalized spacial score (nSPS) is 14.2. The molecule has 1 saturated heterocycles. The zero-order valence-corrected chi connectivity index (χ0v) is 21.8. The van der Waals surface area contributed by atoms with E-state index in [0.717, 1.165) is 73.8 Å². The number of imidazole rings is 1. The number of nitrogens with zero attached hydrogens (tertiary/aromatic N) is 3. The number of hydrogen-bond donors (Lipinski definition) is 1. The molecule has 0 atom stereocenters. The summed E-state index contributed by atoms with van der Waals surface area (Å²) in [5.74, 6) is 2.03. The number of amides is 1. The maximum atomic E-state index is 12.9. The lowest BCUT2D eigenvalue weighted by atomic mass is 9.96. The minimum Gasteiger partial charge on any atom is -0.494 e. The number of benzene rings is 3. The van der Waals surface area contributed by atoms with Gasteiger partial charge in [0.2, 0.25) is 11.9 Å². The minimum atomic E-state index is 0.0259. The predicted octanol–water partition coefficient (Wildman–Crippen LogP) is 5.71. The molecule has 3 aromatic carbocycles. The Kier molecular flexibility index (Phi) is 7.73. The average molecular weight is 497 g/mol. The molecule has 37 heavy (non-hydrogen) atoms.